The van der Waals surface area contributed by atoms with E-state index in [1.165, 1.54) is 0 Å². The van der Waals surface area contributed by atoms with Crippen LogP contribution in [0.3, 0.4) is 0 Å². The minimum atomic E-state index is -0.569. The minimum absolute atomic E-state index is 0. The summed E-state index contributed by atoms with van der Waals surface area (Å²) in [6, 6.07) is 0. The molecule has 2 unspecified atom stereocenters. The zero-order valence-corrected chi connectivity index (χ0v) is 7.09. The zero-order chi connectivity index (χ0) is 6.69. The second kappa shape index (κ2) is 4.91. The van der Waals surface area contributed by atoms with Crippen molar-refractivity contribution in [3.8, 4) is 0 Å². The van der Waals surface area contributed by atoms with Crippen molar-refractivity contribution in [3.05, 3.63) is 0 Å². The molecule has 0 aromatic carbocycles. The fraction of sp³-hybridized carbons (Fsp3) is 1.00. The molecule has 0 bridgehead atoms. The van der Waals surface area contributed by atoms with Crippen molar-refractivity contribution < 1.29 is 4.39 Å². The smallest absolute Gasteiger partial charge is 0.104 e. The van der Waals surface area contributed by atoms with Gasteiger partial charge in [0.2, 0.25) is 0 Å². The van der Waals surface area contributed by atoms with Gasteiger partial charge in [-0.05, 0) is 19.4 Å². The first-order chi connectivity index (χ1) is 4.34. The second-order valence-corrected chi connectivity index (χ2v) is 2.68. The van der Waals surface area contributed by atoms with Crippen molar-refractivity contribution in [2.24, 2.45) is 5.92 Å². The quantitative estimate of drug-likeness (QED) is 0.661. The fourth-order valence-electron chi connectivity index (χ4n) is 1.32. The van der Waals surface area contributed by atoms with E-state index >= 15 is 0 Å². The van der Waals surface area contributed by atoms with Crippen LogP contribution in [0.2, 0.25) is 0 Å². The molecule has 0 saturated carbocycles. The van der Waals surface area contributed by atoms with Crippen LogP contribution >= 0.6 is 12.4 Å². The van der Waals surface area contributed by atoms with Gasteiger partial charge in [0.25, 0.3) is 0 Å². The van der Waals surface area contributed by atoms with Crippen molar-refractivity contribution in [2.45, 2.75) is 25.9 Å². The van der Waals surface area contributed by atoms with Crippen molar-refractivity contribution >= 4 is 12.4 Å². The van der Waals surface area contributed by atoms with Gasteiger partial charge in [-0.25, -0.2) is 4.39 Å². The maximum absolute atomic E-state index is 12.8. The summed E-state index contributed by atoms with van der Waals surface area (Å²) in [5.41, 5.74) is 0. The predicted octanol–water partition coefficient (Wildman–Crippen LogP) is 1.77. The van der Waals surface area contributed by atoms with Crippen LogP contribution in [-0.2, 0) is 0 Å². The monoisotopic (exact) mass is 167 g/mol. The van der Waals surface area contributed by atoms with E-state index in [1.54, 1.807) is 0 Å². The van der Waals surface area contributed by atoms with Crippen LogP contribution in [0, 0.1) is 5.92 Å². The van der Waals surface area contributed by atoms with Crippen molar-refractivity contribution in [1.29, 1.82) is 0 Å². The van der Waals surface area contributed by atoms with Gasteiger partial charge >= 0.3 is 0 Å². The molecule has 0 aromatic heterocycles. The molecule has 0 spiro atoms. The van der Waals surface area contributed by atoms with E-state index in [4.69, 9.17) is 0 Å². The first kappa shape index (κ1) is 10.2. The van der Waals surface area contributed by atoms with Gasteiger partial charge in [0.05, 0.1) is 0 Å². The number of halogens is 2. The molecular formula is C7H15ClFN. The van der Waals surface area contributed by atoms with Crippen LogP contribution < -0.4 is 5.32 Å². The molecule has 2 atom stereocenters. The standard InChI is InChI=1S/C7H14FN.ClH/c1-2-7(8)6-3-4-9-5-6;/h6-7,9H,2-5H2,1H3;1H. The third-order valence-electron chi connectivity index (χ3n) is 2.00. The summed E-state index contributed by atoms with van der Waals surface area (Å²) in [5.74, 6) is 0.301. The minimum Gasteiger partial charge on any atom is -0.316 e. The van der Waals surface area contributed by atoms with Crippen LogP contribution in [0.4, 0.5) is 4.39 Å². The Labute approximate surface area is 67.8 Å². The molecule has 1 N–H and O–H groups in total. The Hall–Kier alpha value is 0.180. The maximum atomic E-state index is 12.8. The van der Waals surface area contributed by atoms with E-state index in [9.17, 15) is 4.39 Å². The Morgan fingerprint density at radius 1 is 1.70 bits per heavy atom. The van der Waals surface area contributed by atoms with Crippen LogP contribution in [0.25, 0.3) is 0 Å². The first-order valence-electron chi connectivity index (χ1n) is 3.69. The third-order valence-corrected chi connectivity index (χ3v) is 2.00. The lowest BCUT2D eigenvalue weighted by Gasteiger charge is -2.10. The molecule has 0 amide bonds. The summed E-state index contributed by atoms with van der Waals surface area (Å²) in [7, 11) is 0. The molecule has 0 aromatic rings. The number of alkyl halides is 1. The van der Waals surface area contributed by atoms with Gasteiger partial charge in [-0.15, -0.1) is 12.4 Å². The average molecular weight is 168 g/mol. The van der Waals surface area contributed by atoms with Crippen LogP contribution in [-0.4, -0.2) is 19.3 Å². The molecule has 1 fully saturated rings. The molecule has 10 heavy (non-hydrogen) atoms. The molecule has 1 rings (SSSR count). The molecular weight excluding hydrogens is 153 g/mol. The molecule has 1 heterocycles. The lowest BCUT2D eigenvalue weighted by Crippen LogP contribution is -2.17. The largest absolute Gasteiger partial charge is 0.316 e. The van der Waals surface area contributed by atoms with E-state index in [1.807, 2.05) is 6.92 Å². The fourth-order valence-corrected chi connectivity index (χ4v) is 1.32. The highest BCUT2D eigenvalue weighted by molar-refractivity contribution is 5.85. The van der Waals surface area contributed by atoms with E-state index in [-0.39, 0.29) is 12.4 Å². The normalized spacial score (nSPS) is 27.6. The molecule has 1 nitrogen and oxygen atoms in total. The molecule has 1 saturated heterocycles. The summed E-state index contributed by atoms with van der Waals surface area (Å²) in [5, 5.41) is 3.15. The number of hydrogen-bond donors (Lipinski definition) is 1. The van der Waals surface area contributed by atoms with E-state index in [0.29, 0.717) is 12.3 Å². The van der Waals surface area contributed by atoms with Gasteiger partial charge in [0.1, 0.15) is 6.17 Å². The van der Waals surface area contributed by atoms with Gasteiger partial charge in [-0.2, -0.15) is 0 Å². The summed E-state index contributed by atoms with van der Waals surface area (Å²) >= 11 is 0. The summed E-state index contributed by atoms with van der Waals surface area (Å²) in [6.45, 7) is 3.79. The zero-order valence-electron chi connectivity index (χ0n) is 6.27. The van der Waals surface area contributed by atoms with Crippen LogP contribution in [0.1, 0.15) is 19.8 Å². The summed E-state index contributed by atoms with van der Waals surface area (Å²) < 4.78 is 12.8. The Morgan fingerprint density at radius 2 is 2.40 bits per heavy atom. The summed E-state index contributed by atoms with van der Waals surface area (Å²) in [4.78, 5) is 0. The number of rotatable bonds is 2. The van der Waals surface area contributed by atoms with Crippen LogP contribution in [0.15, 0.2) is 0 Å². The van der Waals surface area contributed by atoms with Crippen molar-refractivity contribution in [3.63, 3.8) is 0 Å². The molecule has 3 heteroatoms. The lowest BCUT2D eigenvalue weighted by atomic mass is 10.0. The Bertz CT molecular complexity index is 83.7. The highest BCUT2D eigenvalue weighted by atomic mass is 35.5. The lowest BCUT2D eigenvalue weighted by molar-refractivity contribution is 0.234. The van der Waals surface area contributed by atoms with Crippen molar-refractivity contribution in [2.75, 3.05) is 13.1 Å². The SMILES string of the molecule is CCC(F)C1CCNC1.Cl. The van der Waals surface area contributed by atoms with E-state index in [0.717, 1.165) is 19.5 Å². The molecule has 0 aliphatic carbocycles. The number of nitrogens with one attached hydrogen (secondary N) is 1. The van der Waals surface area contributed by atoms with Crippen molar-refractivity contribution in [1.82, 2.24) is 5.32 Å². The maximum Gasteiger partial charge on any atom is 0.104 e. The van der Waals surface area contributed by atoms with E-state index < -0.39 is 6.17 Å². The second-order valence-electron chi connectivity index (χ2n) is 2.68. The highest BCUT2D eigenvalue weighted by Crippen LogP contribution is 2.17. The van der Waals surface area contributed by atoms with Gasteiger partial charge in [-0.3, -0.25) is 0 Å². The predicted molar refractivity (Wildman–Crippen MR) is 43.4 cm³/mol. The number of hydrogen-bond acceptors (Lipinski definition) is 1. The topological polar surface area (TPSA) is 12.0 Å². The molecule has 62 valence electrons. The van der Waals surface area contributed by atoms with Gasteiger partial charge in [0.15, 0.2) is 0 Å². The Balaban J connectivity index is 0.000000810. The average Bonchev–Trinajstić information content (AvgIpc) is 2.37. The first-order valence-corrected chi connectivity index (χ1v) is 3.69. The third kappa shape index (κ3) is 2.43. The van der Waals surface area contributed by atoms with Gasteiger partial charge in [0, 0.05) is 12.5 Å². The van der Waals surface area contributed by atoms with Crippen LogP contribution in [0.5, 0.6) is 0 Å². The Morgan fingerprint density at radius 3 is 2.80 bits per heavy atom. The van der Waals surface area contributed by atoms with Gasteiger partial charge in [-0.1, -0.05) is 6.92 Å². The molecule has 0 radical (unpaired) electrons. The summed E-state index contributed by atoms with van der Waals surface area (Å²) in [6.07, 6.45) is 1.13. The van der Waals surface area contributed by atoms with Gasteiger partial charge < -0.3 is 5.32 Å². The highest BCUT2D eigenvalue weighted by Gasteiger charge is 2.22. The van der Waals surface area contributed by atoms with E-state index in [2.05, 4.69) is 5.32 Å². The molecule has 1 aliphatic heterocycles. The molecule has 1 aliphatic rings. The Kier molecular flexibility index (Phi) is 5.00.